The van der Waals surface area contributed by atoms with Gasteiger partial charge in [0.15, 0.2) is 9.84 Å². The van der Waals surface area contributed by atoms with E-state index in [4.69, 9.17) is 16.0 Å². The number of sulfone groups is 1. The number of carbonyl (C=O) groups excluding carboxylic acids is 2. The monoisotopic (exact) mass is 605 g/mol. The van der Waals surface area contributed by atoms with E-state index in [1.165, 1.54) is 18.2 Å². The molecule has 0 saturated carbocycles. The summed E-state index contributed by atoms with van der Waals surface area (Å²) >= 11 is 6.61. The summed E-state index contributed by atoms with van der Waals surface area (Å²) in [6, 6.07) is 15.0. The number of carboxylic acids is 1. The standard InChI is InChI=1S/C30H24ClN3O7S/c1-42(39,40)21-4-2-3-17(11-21)12-24(30(37)38)32-28(35)26-22-7-9-33-16-34(15-20(27(22)33)13-23(26)31)29(36)19-6-5-18-8-10-41-25(18)14-19/h2-11,13-14,24H,12,15-16H2,1H3,(H,32,35)(H,37,38). The minimum Gasteiger partial charge on any atom is -0.480 e. The fourth-order valence-corrected chi connectivity index (χ4v) is 6.35. The first-order valence-corrected chi connectivity index (χ1v) is 15.2. The number of aromatic nitrogens is 1. The van der Waals surface area contributed by atoms with Crippen LogP contribution in [0.5, 0.6) is 0 Å². The molecule has 0 bridgehead atoms. The van der Waals surface area contributed by atoms with Crippen LogP contribution in [-0.2, 0) is 34.3 Å². The largest absolute Gasteiger partial charge is 0.480 e. The number of nitrogens with one attached hydrogen (secondary N) is 1. The van der Waals surface area contributed by atoms with Crippen LogP contribution in [0.25, 0.3) is 21.9 Å². The SMILES string of the molecule is CS(=O)(=O)c1cccc(CC(NC(=O)c2c(Cl)cc3c4c2ccn4CN(C(=O)c2ccc4ccoc4c2)C3)C(=O)O)c1. The predicted molar refractivity (Wildman–Crippen MR) is 155 cm³/mol. The van der Waals surface area contributed by atoms with Crippen LogP contribution in [0.4, 0.5) is 0 Å². The number of carbonyl (C=O) groups is 3. The highest BCUT2D eigenvalue weighted by molar-refractivity contribution is 7.90. The Morgan fingerprint density at radius 3 is 2.67 bits per heavy atom. The smallest absolute Gasteiger partial charge is 0.326 e. The maximum atomic E-state index is 13.4. The first-order chi connectivity index (χ1) is 20.0. The Hall–Kier alpha value is -4.61. The van der Waals surface area contributed by atoms with Crippen molar-refractivity contribution in [3.8, 4) is 0 Å². The Labute approximate surface area is 245 Å². The van der Waals surface area contributed by atoms with Crippen molar-refractivity contribution in [1.29, 1.82) is 0 Å². The van der Waals surface area contributed by atoms with E-state index in [9.17, 15) is 27.9 Å². The minimum absolute atomic E-state index is 0.0562. The molecular weight excluding hydrogens is 582 g/mol. The Morgan fingerprint density at radius 2 is 1.90 bits per heavy atom. The van der Waals surface area contributed by atoms with Gasteiger partial charge in [0.25, 0.3) is 11.8 Å². The van der Waals surface area contributed by atoms with Crippen molar-refractivity contribution in [1.82, 2.24) is 14.8 Å². The summed E-state index contributed by atoms with van der Waals surface area (Å²) in [4.78, 5) is 40.6. The molecule has 0 aliphatic carbocycles. The summed E-state index contributed by atoms with van der Waals surface area (Å²) in [6.45, 7) is 0.494. The summed E-state index contributed by atoms with van der Waals surface area (Å²) in [7, 11) is -3.49. The van der Waals surface area contributed by atoms with Gasteiger partial charge >= 0.3 is 5.97 Å². The van der Waals surface area contributed by atoms with Gasteiger partial charge in [-0.2, -0.15) is 0 Å². The van der Waals surface area contributed by atoms with E-state index in [0.717, 1.165) is 22.7 Å². The van der Waals surface area contributed by atoms with Gasteiger partial charge in [-0.3, -0.25) is 9.59 Å². The molecule has 1 aliphatic rings. The quantitative estimate of drug-likeness (QED) is 0.279. The number of rotatable bonds is 7. The van der Waals surface area contributed by atoms with Crippen LogP contribution >= 0.6 is 11.6 Å². The number of nitrogens with zero attached hydrogens (tertiary/aromatic N) is 2. The lowest BCUT2D eigenvalue weighted by Gasteiger charge is -2.29. The molecule has 0 spiro atoms. The number of amides is 2. The molecule has 214 valence electrons. The number of hydrogen-bond donors (Lipinski definition) is 2. The normalized spacial score (nSPS) is 13.8. The number of benzene rings is 3. The van der Waals surface area contributed by atoms with E-state index in [2.05, 4.69) is 5.32 Å². The van der Waals surface area contributed by atoms with E-state index in [1.807, 2.05) is 16.7 Å². The van der Waals surface area contributed by atoms with Gasteiger partial charge in [-0.25, -0.2) is 13.2 Å². The zero-order valence-corrected chi connectivity index (χ0v) is 23.8. The fourth-order valence-electron chi connectivity index (χ4n) is 5.34. The van der Waals surface area contributed by atoms with Crippen LogP contribution in [0.15, 0.2) is 82.4 Å². The highest BCUT2D eigenvalue weighted by Gasteiger charge is 2.29. The molecule has 0 radical (unpaired) electrons. The second-order valence-electron chi connectivity index (χ2n) is 10.2. The number of hydrogen-bond acceptors (Lipinski definition) is 6. The molecule has 0 fully saturated rings. The lowest BCUT2D eigenvalue weighted by Crippen LogP contribution is -2.42. The van der Waals surface area contributed by atoms with Crippen molar-refractivity contribution in [2.24, 2.45) is 0 Å². The van der Waals surface area contributed by atoms with Crippen LogP contribution in [0, 0.1) is 0 Å². The Kier molecular flexibility index (Phi) is 6.78. The topological polar surface area (TPSA) is 139 Å². The third kappa shape index (κ3) is 5.01. The zero-order chi connectivity index (χ0) is 29.8. The molecule has 1 aliphatic heterocycles. The molecule has 10 nitrogen and oxygen atoms in total. The molecule has 42 heavy (non-hydrogen) atoms. The summed E-state index contributed by atoms with van der Waals surface area (Å²) in [5, 5.41) is 13.9. The van der Waals surface area contributed by atoms with Gasteiger partial charge in [0.1, 0.15) is 11.6 Å². The Bertz CT molecular complexity index is 2030. The number of furan rings is 1. The van der Waals surface area contributed by atoms with E-state index in [1.54, 1.807) is 47.7 Å². The van der Waals surface area contributed by atoms with Crippen LogP contribution in [-0.4, -0.2) is 53.1 Å². The van der Waals surface area contributed by atoms with Crippen molar-refractivity contribution >= 4 is 61.1 Å². The van der Waals surface area contributed by atoms with Crippen molar-refractivity contribution in [2.75, 3.05) is 6.26 Å². The summed E-state index contributed by atoms with van der Waals surface area (Å²) in [5.41, 5.74) is 3.11. The molecule has 1 unspecified atom stereocenters. The summed E-state index contributed by atoms with van der Waals surface area (Å²) < 4.78 is 31.1. The maximum absolute atomic E-state index is 13.4. The van der Waals surface area contributed by atoms with Gasteiger partial charge < -0.3 is 24.3 Å². The molecule has 2 N–H and O–H groups in total. The van der Waals surface area contributed by atoms with Gasteiger partial charge in [-0.1, -0.05) is 29.8 Å². The first kappa shape index (κ1) is 27.6. The molecule has 2 aromatic heterocycles. The Morgan fingerprint density at radius 1 is 1.10 bits per heavy atom. The molecule has 1 atom stereocenters. The summed E-state index contributed by atoms with van der Waals surface area (Å²) in [6.07, 6.45) is 4.25. The van der Waals surface area contributed by atoms with Gasteiger partial charge in [0.2, 0.25) is 0 Å². The number of fused-ring (bicyclic) bond motifs is 1. The van der Waals surface area contributed by atoms with Gasteiger partial charge in [-0.15, -0.1) is 0 Å². The molecule has 3 aromatic carbocycles. The number of carboxylic acid groups (broad SMARTS) is 1. The molecular formula is C30H24ClN3O7S. The molecule has 5 aromatic rings. The second kappa shape index (κ2) is 10.3. The molecule has 6 rings (SSSR count). The molecule has 2 amide bonds. The average molecular weight is 606 g/mol. The van der Waals surface area contributed by atoms with Crippen LogP contribution in [0.3, 0.4) is 0 Å². The van der Waals surface area contributed by atoms with Crippen LogP contribution in [0.2, 0.25) is 5.02 Å². The molecule has 3 heterocycles. The zero-order valence-electron chi connectivity index (χ0n) is 22.2. The van der Waals surface area contributed by atoms with Crippen molar-refractivity contribution in [3.63, 3.8) is 0 Å². The summed E-state index contributed by atoms with van der Waals surface area (Å²) in [5.74, 6) is -2.15. The maximum Gasteiger partial charge on any atom is 0.326 e. The lowest BCUT2D eigenvalue weighted by molar-refractivity contribution is -0.139. The van der Waals surface area contributed by atoms with E-state index >= 15 is 0 Å². The Balaban J connectivity index is 1.26. The number of aliphatic carboxylic acids is 1. The van der Waals surface area contributed by atoms with E-state index < -0.39 is 27.8 Å². The predicted octanol–water partition coefficient (Wildman–Crippen LogP) is 4.48. The van der Waals surface area contributed by atoms with Crippen molar-refractivity contribution in [2.45, 2.75) is 30.6 Å². The third-order valence-corrected chi connectivity index (χ3v) is 8.76. The highest BCUT2D eigenvalue weighted by Crippen LogP contribution is 2.35. The van der Waals surface area contributed by atoms with E-state index in [-0.39, 0.29) is 41.0 Å². The van der Waals surface area contributed by atoms with Crippen molar-refractivity contribution in [3.05, 3.63) is 100 Å². The van der Waals surface area contributed by atoms with Gasteiger partial charge in [0.05, 0.1) is 33.9 Å². The minimum atomic E-state index is -3.49. The van der Waals surface area contributed by atoms with Crippen molar-refractivity contribution < 1.29 is 32.3 Å². The first-order valence-electron chi connectivity index (χ1n) is 12.9. The van der Waals surface area contributed by atoms with Gasteiger partial charge in [-0.05, 0) is 53.6 Å². The van der Waals surface area contributed by atoms with Crippen LogP contribution in [0.1, 0.15) is 31.8 Å². The molecule has 0 saturated heterocycles. The highest BCUT2D eigenvalue weighted by atomic mass is 35.5. The second-order valence-corrected chi connectivity index (χ2v) is 12.7. The van der Waals surface area contributed by atoms with Crippen LogP contribution < -0.4 is 5.32 Å². The average Bonchev–Trinajstić information content (AvgIpc) is 3.59. The van der Waals surface area contributed by atoms with Gasteiger partial charge in [0, 0.05) is 41.8 Å². The number of halogens is 1. The molecule has 12 heteroatoms. The fraction of sp³-hybridized carbons (Fsp3) is 0.167. The lowest BCUT2D eigenvalue weighted by atomic mass is 10.0. The third-order valence-electron chi connectivity index (χ3n) is 7.35. The van der Waals surface area contributed by atoms with E-state index in [0.29, 0.717) is 22.1 Å².